The van der Waals surface area contributed by atoms with Crippen molar-refractivity contribution in [2.24, 2.45) is 23.2 Å². The molecule has 1 unspecified atom stereocenters. The lowest BCUT2D eigenvalue weighted by molar-refractivity contribution is 0.205. The molecule has 2 aliphatic rings. The maximum absolute atomic E-state index is 2.45. The Morgan fingerprint density at radius 3 is 2.09 bits per heavy atom. The van der Waals surface area contributed by atoms with Gasteiger partial charge in [0.15, 0.2) is 0 Å². The Kier molecular flexibility index (Phi) is 1.42. The van der Waals surface area contributed by atoms with E-state index in [2.05, 4.69) is 32.9 Å². The fourth-order valence-corrected chi connectivity index (χ4v) is 2.78. The molecule has 0 spiro atoms. The highest BCUT2D eigenvalue weighted by molar-refractivity contribution is 5.11. The molecule has 0 saturated heterocycles. The predicted octanol–water partition coefficient (Wildman–Crippen LogP) is 3.24. The molecular weight excluding hydrogens is 132 g/mol. The predicted molar refractivity (Wildman–Crippen MR) is 48.3 cm³/mol. The van der Waals surface area contributed by atoms with Crippen molar-refractivity contribution in [1.29, 1.82) is 0 Å². The van der Waals surface area contributed by atoms with Gasteiger partial charge in [0, 0.05) is 0 Å². The first-order chi connectivity index (χ1) is 5.07. The molecule has 0 heteroatoms. The summed E-state index contributed by atoms with van der Waals surface area (Å²) in [5.74, 6) is 2.81. The van der Waals surface area contributed by atoms with Gasteiger partial charge in [0.1, 0.15) is 0 Å². The van der Waals surface area contributed by atoms with Gasteiger partial charge in [-0.15, -0.1) is 0 Å². The van der Waals surface area contributed by atoms with E-state index in [-0.39, 0.29) is 0 Å². The van der Waals surface area contributed by atoms with Crippen LogP contribution >= 0.6 is 0 Å². The van der Waals surface area contributed by atoms with Crippen LogP contribution in [0.15, 0.2) is 12.2 Å². The second kappa shape index (κ2) is 2.12. The molecule has 2 bridgehead atoms. The Hall–Kier alpha value is -0.260. The molecule has 0 aromatic rings. The van der Waals surface area contributed by atoms with Crippen LogP contribution in [0.4, 0.5) is 0 Å². The molecule has 2 aliphatic carbocycles. The molecular formula is C11H18. The Bertz CT molecular complexity index is 183. The quantitative estimate of drug-likeness (QED) is 0.465. The lowest BCUT2D eigenvalue weighted by Gasteiger charge is -2.32. The van der Waals surface area contributed by atoms with Gasteiger partial charge in [-0.1, -0.05) is 32.9 Å². The van der Waals surface area contributed by atoms with Crippen LogP contribution in [0.2, 0.25) is 0 Å². The summed E-state index contributed by atoms with van der Waals surface area (Å²) in [7, 11) is 0. The molecule has 1 saturated carbocycles. The SMILES string of the molecule is CC(C)(C)C1C[C@@H]2C=C[C@H]1C2. The highest BCUT2D eigenvalue weighted by atomic mass is 14.5. The van der Waals surface area contributed by atoms with Gasteiger partial charge in [-0.3, -0.25) is 0 Å². The molecule has 0 amide bonds. The van der Waals surface area contributed by atoms with E-state index >= 15 is 0 Å². The van der Waals surface area contributed by atoms with E-state index in [0.29, 0.717) is 5.41 Å². The van der Waals surface area contributed by atoms with Crippen molar-refractivity contribution in [2.75, 3.05) is 0 Å². The summed E-state index contributed by atoms with van der Waals surface area (Å²) in [5.41, 5.74) is 0.532. The molecule has 3 atom stereocenters. The number of fused-ring (bicyclic) bond motifs is 2. The maximum Gasteiger partial charge on any atom is -0.0194 e. The topological polar surface area (TPSA) is 0 Å². The van der Waals surface area contributed by atoms with Gasteiger partial charge in [0.2, 0.25) is 0 Å². The van der Waals surface area contributed by atoms with E-state index in [9.17, 15) is 0 Å². The van der Waals surface area contributed by atoms with Gasteiger partial charge in [-0.2, -0.15) is 0 Å². The van der Waals surface area contributed by atoms with Crippen molar-refractivity contribution in [3.05, 3.63) is 12.2 Å². The second-order valence-corrected chi connectivity index (χ2v) is 5.25. The molecule has 0 radical (unpaired) electrons. The first-order valence-electron chi connectivity index (χ1n) is 4.76. The molecule has 0 aromatic heterocycles. The monoisotopic (exact) mass is 150 g/mol. The summed E-state index contributed by atoms with van der Waals surface area (Å²) in [6.07, 6.45) is 7.77. The van der Waals surface area contributed by atoms with Crippen molar-refractivity contribution in [3.8, 4) is 0 Å². The van der Waals surface area contributed by atoms with Gasteiger partial charge in [0.25, 0.3) is 0 Å². The van der Waals surface area contributed by atoms with Crippen LogP contribution in [0.3, 0.4) is 0 Å². The van der Waals surface area contributed by atoms with Gasteiger partial charge >= 0.3 is 0 Å². The van der Waals surface area contributed by atoms with E-state index in [1.54, 1.807) is 0 Å². The Morgan fingerprint density at radius 2 is 1.82 bits per heavy atom. The van der Waals surface area contributed by atoms with Crippen LogP contribution in [0.1, 0.15) is 33.6 Å². The van der Waals surface area contributed by atoms with E-state index in [1.165, 1.54) is 12.8 Å². The highest BCUT2D eigenvalue weighted by Gasteiger charge is 2.41. The summed E-state index contributed by atoms with van der Waals surface area (Å²) >= 11 is 0. The Morgan fingerprint density at radius 1 is 1.09 bits per heavy atom. The number of rotatable bonds is 0. The second-order valence-electron chi connectivity index (χ2n) is 5.25. The summed E-state index contributed by atoms with van der Waals surface area (Å²) in [6.45, 7) is 7.14. The van der Waals surface area contributed by atoms with Crippen LogP contribution in [-0.2, 0) is 0 Å². The zero-order valence-electron chi connectivity index (χ0n) is 7.80. The summed E-state index contributed by atoms with van der Waals surface area (Å²) < 4.78 is 0. The van der Waals surface area contributed by atoms with Crippen LogP contribution in [-0.4, -0.2) is 0 Å². The van der Waals surface area contributed by atoms with Crippen LogP contribution < -0.4 is 0 Å². The van der Waals surface area contributed by atoms with Crippen LogP contribution in [0.25, 0.3) is 0 Å². The maximum atomic E-state index is 2.45. The highest BCUT2D eigenvalue weighted by Crippen LogP contribution is 2.50. The van der Waals surface area contributed by atoms with Crippen LogP contribution in [0.5, 0.6) is 0 Å². The van der Waals surface area contributed by atoms with Gasteiger partial charge in [-0.25, -0.2) is 0 Å². The Balaban J connectivity index is 2.15. The first kappa shape index (κ1) is 7.39. The molecule has 11 heavy (non-hydrogen) atoms. The minimum atomic E-state index is 0.532. The molecule has 0 heterocycles. The smallest absolute Gasteiger partial charge is 0.0194 e. The molecule has 2 rings (SSSR count). The fraction of sp³-hybridized carbons (Fsp3) is 0.818. The average molecular weight is 150 g/mol. The minimum Gasteiger partial charge on any atom is -0.0851 e. The molecule has 1 fully saturated rings. The van der Waals surface area contributed by atoms with E-state index in [0.717, 1.165) is 17.8 Å². The minimum absolute atomic E-state index is 0.532. The van der Waals surface area contributed by atoms with Gasteiger partial charge in [0.05, 0.1) is 0 Å². The van der Waals surface area contributed by atoms with Crippen molar-refractivity contribution in [3.63, 3.8) is 0 Å². The van der Waals surface area contributed by atoms with Gasteiger partial charge < -0.3 is 0 Å². The standard InChI is InChI=1S/C11H18/c1-11(2,3)10-7-8-4-5-9(10)6-8/h4-5,8-10H,6-7H2,1-3H3/t8-,9+,10?/m1/s1. The fourth-order valence-electron chi connectivity index (χ4n) is 2.78. The third kappa shape index (κ3) is 1.13. The largest absolute Gasteiger partial charge is 0.0851 e. The van der Waals surface area contributed by atoms with Crippen LogP contribution in [0, 0.1) is 23.2 Å². The van der Waals surface area contributed by atoms with Gasteiger partial charge in [-0.05, 0) is 36.0 Å². The summed E-state index contributed by atoms with van der Waals surface area (Å²) in [4.78, 5) is 0. The number of hydrogen-bond donors (Lipinski definition) is 0. The molecule has 0 N–H and O–H groups in total. The van der Waals surface area contributed by atoms with Crippen molar-refractivity contribution >= 4 is 0 Å². The molecule has 0 nitrogen and oxygen atoms in total. The Labute approximate surface area is 69.7 Å². The van der Waals surface area contributed by atoms with E-state index in [4.69, 9.17) is 0 Å². The number of allylic oxidation sites excluding steroid dienone is 2. The zero-order valence-corrected chi connectivity index (χ0v) is 7.80. The van der Waals surface area contributed by atoms with Crippen molar-refractivity contribution < 1.29 is 0 Å². The zero-order chi connectivity index (χ0) is 8.06. The van der Waals surface area contributed by atoms with E-state index < -0.39 is 0 Å². The van der Waals surface area contributed by atoms with Crippen molar-refractivity contribution in [1.82, 2.24) is 0 Å². The first-order valence-corrected chi connectivity index (χ1v) is 4.76. The summed E-state index contributed by atoms with van der Waals surface area (Å²) in [5, 5.41) is 0. The summed E-state index contributed by atoms with van der Waals surface area (Å²) in [6, 6.07) is 0. The lowest BCUT2D eigenvalue weighted by atomic mass is 9.73. The van der Waals surface area contributed by atoms with E-state index in [1.807, 2.05) is 0 Å². The third-order valence-electron chi connectivity index (χ3n) is 3.39. The molecule has 0 aromatic carbocycles. The molecule has 62 valence electrons. The normalized spacial score (nSPS) is 41.9. The number of hydrogen-bond acceptors (Lipinski definition) is 0. The average Bonchev–Trinajstić information content (AvgIpc) is 2.42. The van der Waals surface area contributed by atoms with Crippen molar-refractivity contribution in [2.45, 2.75) is 33.6 Å². The third-order valence-corrected chi connectivity index (χ3v) is 3.39. The lowest BCUT2D eigenvalue weighted by Crippen LogP contribution is -2.23. The molecule has 0 aliphatic heterocycles.